The lowest BCUT2D eigenvalue weighted by atomic mass is 9.81. The lowest BCUT2D eigenvalue weighted by Gasteiger charge is -2.23. The highest BCUT2D eigenvalue weighted by Crippen LogP contribution is 2.57. The molecule has 0 spiro atoms. The summed E-state index contributed by atoms with van der Waals surface area (Å²) in [7, 11) is 0. The Labute approximate surface area is 336 Å². The summed E-state index contributed by atoms with van der Waals surface area (Å²) in [5.74, 6) is 0. The van der Waals surface area contributed by atoms with E-state index in [-0.39, 0.29) is 5.41 Å². The maximum Gasteiger partial charge on any atom is 0.0408 e. The van der Waals surface area contributed by atoms with Crippen molar-refractivity contribution in [3.05, 3.63) is 215 Å². The number of allylic oxidation sites excluding steroid dienone is 8. The predicted octanol–water partition coefficient (Wildman–Crippen LogP) is 16.3. The molecule has 6 aromatic carbocycles. The molecule has 56 heavy (non-hydrogen) atoms. The second-order valence-electron chi connectivity index (χ2n) is 15.2. The minimum Gasteiger partial charge on any atom is -0.135 e. The summed E-state index contributed by atoms with van der Waals surface area (Å²) in [5.41, 5.74) is 13.4. The molecule has 7 aromatic rings. The van der Waals surface area contributed by atoms with E-state index in [1.807, 2.05) is 17.4 Å². The smallest absolute Gasteiger partial charge is 0.0408 e. The van der Waals surface area contributed by atoms with Crippen LogP contribution in [0.25, 0.3) is 64.5 Å². The fourth-order valence-electron chi connectivity index (χ4n) is 8.97. The van der Waals surface area contributed by atoms with E-state index >= 15 is 0 Å². The first-order valence-electron chi connectivity index (χ1n) is 19.6. The average Bonchev–Trinajstić information content (AvgIpc) is 3.72. The van der Waals surface area contributed by atoms with Crippen molar-refractivity contribution in [2.45, 2.75) is 46.5 Å². The highest BCUT2D eigenvalue weighted by molar-refractivity contribution is 7.26. The zero-order chi connectivity index (χ0) is 39.0. The molecule has 0 unspecified atom stereocenters. The van der Waals surface area contributed by atoms with Crippen LogP contribution in [0, 0.1) is 0 Å². The minimum absolute atomic E-state index is 0.131. The lowest BCUT2D eigenvalue weighted by molar-refractivity contribution is 0.667. The number of rotatable bonds is 7. The van der Waals surface area contributed by atoms with Gasteiger partial charge < -0.3 is 0 Å². The molecule has 0 radical (unpaired) electrons. The third-order valence-corrected chi connectivity index (χ3v) is 12.8. The lowest BCUT2D eigenvalue weighted by Crippen LogP contribution is -2.15. The summed E-state index contributed by atoms with van der Waals surface area (Å²) in [4.78, 5) is 0. The molecule has 0 amide bonds. The predicted molar refractivity (Wildman–Crippen MR) is 250 cm³/mol. The summed E-state index contributed by atoms with van der Waals surface area (Å²) in [6.07, 6.45) is 12.2. The Morgan fingerprint density at radius 3 is 1.93 bits per heavy atom. The average molecular weight is 741 g/mol. The van der Waals surface area contributed by atoms with Crippen LogP contribution in [0.1, 0.15) is 74.4 Å². The van der Waals surface area contributed by atoms with Crippen molar-refractivity contribution in [1.82, 2.24) is 0 Å². The number of hydrogen-bond acceptors (Lipinski definition) is 1. The molecule has 0 nitrogen and oxygen atoms in total. The van der Waals surface area contributed by atoms with E-state index in [1.54, 1.807) is 0 Å². The Hall–Kier alpha value is -6.02. The Morgan fingerprint density at radius 1 is 0.661 bits per heavy atom. The third kappa shape index (κ3) is 6.27. The van der Waals surface area contributed by atoms with Crippen molar-refractivity contribution in [2.24, 2.45) is 0 Å². The van der Waals surface area contributed by atoms with Crippen LogP contribution in [0.4, 0.5) is 0 Å². The van der Waals surface area contributed by atoms with E-state index in [9.17, 15) is 0 Å². The summed E-state index contributed by atoms with van der Waals surface area (Å²) >= 11 is 1.95. The molecule has 0 atom stereocenters. The highest BCUT2D eigenvalue weighted by atomic mass is 32.1. The Bertz CT molecular complexity index is 2910. The molecule has 0 aliphatic heterocycles. The van der Waals surface area contributed by atoms with E-state index < -0.39 is 0 Å². The van der Waals surface area contributed by atoms with Gasteiger partial charge >= 0.3 is 0 Å². The van der Waals surface area contributed by atoms with Gasteiger partial charge in [0, 0.05) is 25.6 Å². The Balaban J connectivity index is 1.26. The molecule has 1 aromatic heterocycles. The first kappa shape index (κ1) is 36.9. The molecule has 0 N–H and O–H groups in total. The molecule has 1 aliphatic carbocycles. The SMILES string of the molecule is C=Cc1ccccc1C(=C)c1ccccccc(/C(C)=C/C(=C\C)C/C=C2\C(=C/C)C(C)(C)c3c2c2ccccc2c2c3sc3ccccc32)c2ccccc12. The third-order valence-electron chi connectivity index (χ3n) is 11.6. The summed E-state index contributed by atoms with van der Waals surface area (Å²) in [5, 5.41) is 7.77. The standard InChI is InChI=1S/C55H48S/c1-8-38(35-36(4)40-24-13-11-12-14-26-42(44-28-18-17-27-43(40)44)37(5)41-25-16-15-23-39(41)9-2)33-34-47-49(10-3)55(6,7)53-51(47)45-29-19-20-30-46(45)52-48-31-21-22-32-50(48)56-54(52)53/h8-32,34-35H,2,5,33H2,1,3-4,6-7H3/b12-11?,13-11?,14-12?,24-13?,26-14?,36-35+,38-8-,40-24?,42-26?,43-40?,44-42?,47-34+,49-10+. The quantitative estimate of drug-likeness (QED) is 0.143. The van der Waals surface area contributed by atoms with Crippen LogP contribution in [0.2, 0.25) is 0 Å². The molecule has 0 bridgehead atoms. The number of hydrogen-bond donors (Lipinski definition) is 0. The van der Waals surface area contributed by atoms with Crippen LogP contribution >= 0.6 is 11.3 Å². The van der Waals surface area contributed by atoms with E-state index in [0.717, 1.165) is 34.1 Å². The van der Waals surface area contributed by atoms with Crippen LogP contribution in [-0.2, 0) is 5.41 Å². The van der Waals surface area contributed by atoms with E-state index in [0.29, 0.717) is 0 Å². The van der Waals surface area contributed by atoms with Crippen molar-refractivity contribution < 1.29 is 0 Å². The minimum atomic E-state index is -0.131. The first-order valence-corrected chi connectivity index (χ1v) is 20.4. The molecule has 274 valence electrons. The molecule has 8 rings (SSSR count). The Kier molecular flexibility index (Phi) is 10.1. The number of fused-ring (bicyclic) bond motifs is 9. The van der Waals surface area contributed by atoms with Crippen LogP contribution < -0.4 is 0 Å². The number of thiophene rings is 1. The van der Waals surface area contributed by atoms with Crippen molar-refractivity contribution in [3.63, 3.8) is 0 Å². The normalized spacial score (nSPS) is 15.5. The fraction of sp³-hybridized carbons (Fsp3) is 0.127. The van der Waals surface area contributed by atoms with Gasteiger partial charge in [0.1, 0.15) is 0 Å². The van der Waals surface area contributed by atoms with Gasteiger partial charge in [0.2, 0.25) is 0 Å². The van der Waals surface area contributed by atoms with E-state index in [4.69, 9.17) is 0 Å². The van der Waals surface area contributed by atoms with Crippen LogP contribution in [0.3, 0.4) is 0 Å². The highest BCUT2D eigenvalue weighted by Gasteiger charge is 2.41. The van der Waals surface area contributed by atoms with E-state index in [1.165, 1.54) is 75.3 Å². The molecule has 1 heterocycles. The molecule has 0 saturated carbocycles. The van der Waals surface area contributed by atoms with Crippen LogP contribution in [0.5, 0.6) is 0 Å². The molecular formula is C55H48S. The van der Waals surface area contributed by atoms with E-state index in [2.05, 4.69) is 206 Å². The van der Waals surface area contributed by atoms with Gasteiger partial charge in [-0.05, 0) is 116 Å². The molecule has 0 saturated heterocycles. The summed E-state index contributed by atoms with van der Waals surface area (Å²) < 4.78 is 2.77. The van der Waals surface area contributed by atoms with Gasteiger partial charge in [-0.15, -0.1) is 11.3 Å². The van der Waals surface area contributed by atoms with Crippen LogP contribution in [-0.4, -0.2) is 0 Å². The van der Waals surface area contributed by atoms with Gasteiger partial charge in [0.05, 0.1) is 0 Å². The summed E-state index contributed by atoms with van der Waals surface area (Å²) in [6, 6.07) is 47.9. The van der Waals surface area contributed by atoms with Gasteiger partial charge in [-0.2, -0.15) is 0 Å². The topological polar surface area (TPSA) is 0 Å². The molecule has 0 fully saturated rings. The Morgan fingerprint density at radius 2 is 1.23 bits per heavy atom. The summed E-state index contributed by atoms with van der Waals surface area (Å²) in [6.45, 7) is 20.2. The molecular weight excluding hydrogens is 693 g/mol. The molecule has 1 heteroatoms. The van der Waals surface area contributed by atoms with Crippen molar-refractivity contribution >= 4 is 75.8 Å². The second-order valence-corrected chi connectivity index (χ2v) is 16.2. The number of benzene rings is 5. The van der Waals surface area contributed by atoms with Gasteiger partial charge in [-0.1, -0.05) is 185 Å². The van der Waals surface area contributed by atoms with Crippen LogP contribution in [0.15, 0.2) is 182 Å². The molecule has 1 aliphatic rings. The monoisotopic (exact) mass is 740 g/mol. The fourth-order valence-corrected chi connectivity index (χ4v) is 10.4. The van der Waals surface area contributed by atoms with Crippen molar-refractivity contribution in [3.8, 4) is 0 Å². The van der Waals surface area contributed by atoms with Gasteiger partial charge in [0.15, 0.2) is 0 Å². The van der Waals surface area contributed by atoms with Gasteiger partial charge in [0.25, 0.3) is 0 Å². The van der Waals surface area contributed by atoms with Gasteiger partial charge in [-0.3, -0.25) is 0 Å². The maximum absolute atomic E-state index is 4.64. The largest absolute Gasteiger partial charge is 0.135 e. The van der Waals surface area contributed by atoms with Gasteiger partial charge in [-0.25, -0.2) is 0 Å². The van der Waals surface area contributed by atoms with Crippen molar-refractivity contribution in [2.75, 3.05) is 0 Å². The van der Waals surface area contributed by atoms with Crippen molar-refractivity contribution in [1.29, 1.82) is 0 Å². The zero-order valence-corrected chi connectivity index (χ0v) is 33.9. The second kappa shape index (κ2) is 15.3. The zero-order valence-electron chi connectivity index (χ0n) is 33.1. The maximum atomic E-state index is 4.64. The first-order chi connectivity index (χ1) is 27.3.